The van der Waals surface area contributed by atoms with Gasteiger partial charge in [-0.15, -0.1) is 6.42 Å². The number of aromatic nitrogens is 5. The average Bonchev–Trinajstić information content (AvgIpc) is 4.16. The van der Waals surface area contributed by atoms with Crippen LogP contribution in [0.15, 0.2) is 53.5 Å². The molecule has 0 spiro atoms. The van der Waals surface area contributed by atoms with Gasteiger partial charge < -0.3 is 29.0 Å². The van der Waals surface area contributed by atoms with Crippen LogP contribution in [0.1, 0.15) is 130 Å². The zero-order valence-corrected chi connectivity index (χ0v) is 48.2. The van der Waals surface area contributed by atoms with E-state index in [9.17, 15) is 33.9 Å². The predicted octanol–water partition coefficient (Wildman–Crippen LogP) is 10.1. The van der Waals surface area contributed by atoms with Gasteiger partial charge in [0.25, 0.3) is 6.47 Å². The molecule has 82 heavy (non-hydrogen) atoms. The zero-order chi connectivity index (χ0) is 59.0. The molecule has 5 unspecified atom stereocenters. The van der Waals surface area contributed by atoms with E-state index >= 15 is 4.39 Å². The number of rotatable bonds is 17. The minimum absolute atomic E-state index is 0.0224. The smallest absolute Gasteiger partial charge is 0.329 e. The summed E-state index contributed by atoms with van der Waals surface area (Å²) in [7, 11) is 3.06. The van der Waals surface area contributed by atoms with Gasteiger partial charge in [0.05, 0.1) is 47.9 Å². The standard InChI is InChI=1S/C27H21F2N5O2.C24H35N3O5.C9H15NO2.C2H6/c1-3-18-21(28)7-6-16-11-17(35)12-19(22(16)18)24-23(29)25-20(14-31-24)26(33-27(32-25)36-2)34-9-4-5-15(13-30)8-10-34;1-5-6-17(8-7-16(2)3)31-13-14-32-18-9-10-19-21(15-18)26(4)24(30)27(19)20-11-12-22(28)25-23(20)29;11-7-12-6-9-4-3-8-2-1-5-10(8)9;1-2/h1,6-7,11-12,14-15,35H,4-5,8-10H2,2H3;9-10,15-17,20H,5-8,11-14H2,1-4H3,(H,25,28,29);7-9H,1-6H2;1-2H3. The van der Waals surface area contributed by atoms with Gasteiger partial charge >= 0.3 is 11.7 Å². The summed E-state index contributed by atoms with van der Waals surface area (Å²) in [6.07, 6.45) is 19.6. The van der Waals surface area contributed by atoms with Crippen LogP contribution in [0.5, 0.6) is 17.5 Å². The number of benzene rings is 3. The van der Waals surface area contributed by atoms with Crippen LogP contribution in [0.2, 0.25) is 0 Å². The molecule has 2 amide bonds. The van der Waals surface area contributed by atoms with Crippen molar-refractivity contribution in [2.45, 2.75) is 142 Å². The third-order valence-electron chi connectivity index (χ3n) is 15.5. The molecule has 7 heterocycles. The molecule has 20 heteroatoms. The Kier molecular flexibility index (Phi) is 22.2. The number of phenolic OH excluding ortho intramolecular Hbond substituents is 1. The number of halogens is 2. The molecule has 0 radical (unpaired) electrons. The number of aryl methyl sites for hydroxylation is 1. The van der Waals surface area contributed by atoms with Gasteiger partial charge in [0, 0.05) is 67.8 Å². The van der Waals surface area contributed by atoms with Crippen LogP contribution in [0.3, 0.4) is 0 Å². The second-order valence-corrected chi connectivity index (χ2v) is 21.2. The van der Waals surface area contributed by atoms with Gasteiger partial charge in [0.2, 0.25) is 11.8 Å². The Balaban J connectivity index is 0.000000192. The number of terminal acetylenes is 1. The largest absolute Gasteiger partial charge is 0.508 e. The summed E-state index contributed by atoms with van der Waals surface area (Å²) in [6.45, 7) is 15.1. The quantitative estimate of drug-likeness (QED) is 0.0376. The number of methoxy groups -OCH3 is 1. The highest BCUT2D eigenvalue weighted by molar-refractivity contribution is 6.03. The summed E-state index contributed by atoms with van der Waals surface area (Å²) >= 11 is 0. The zero-order valence-electron chi connectivity index (χ0n) is 48.2. The fourth-order valence-corrected chi connectivity index (χ4v) is 11.4. The maximum Gasteiger partial charge on any atom is 0.329 e. The molecule has 3 aromatic carbocycles. The minimum atomic E-state index is -0.779. The molecule has 4 saturated heterocycles. The highest BCUT2D eigenvalue weighted by Gasteiger charge is 2.37. The lowest BCUT2D eigenvalue weighted by Gasteiger charge is -2.23. The highest BCUT2D eigenvalue weighted by atomic mass is 19.1. The van der Waals surface area contributed by atoms with Gasteiger partial charge in [-0.05, 0) is 119 Å². The molecule has 438 valence electrons. The summed E-state index contributed by atoms with van der Waals surface area (Å²) in [5, 5.41) is 23.0. The first-order chi connectivity index (χ1) is 39.7. The number of nitrogens with one attached hydrogen (secondary N) is 1. The number of imidazole rings is 1. The molecule has 4 aliphatic rings. The SMILES string of the molecule is C#Cc1c(F)ccc2cc(O)cc(-c3ncc4c(N5CCCC(C#N)CC5)nc(OC)nc4c3F)c12.CC.CCCC(CCC(C)C)OCCOc1ccc2c(c1)n(C)c(=O)n2C1CCC(=O)NC1=O.O=COCC1CCC2CCCN21. The lowest BCUT2D eigenvalue weighted by Crippen LogP contribution is -2.44. The van der Waals surface area contributed by atoms with Crippen LogP contribution in [-0.2, 0) is 30.9 Å². The van der Waals surface area contributed by atoms with Crippen molar-refractivity contribution in [1.82, 2.24) is 34.3 Å². The Morgan fingerprint density at radius 1 is 0.939 bits per heavy atom. The molecule has 0 saturated carbocycles. The van der Waals surface area contributed by atoms with Crippen molar-refractivity contribution >= 4 is 56.8 Å². The molecular formula is C62H77F2N9O9. The molecule has 10 rings (SSSR count). The molecule has 5 atom stereocenters. The number of carbonyl (C=O) groups is 3. The van der Waals surface area contributed by atoms with Crippen molar-refractivity contribution in [3.05, 3.63) is 76.3 Å². The number of imide groups is 1. The van der Waals surface area contributed by atoms with Crippen LogP contribution in [0.4, 0.5) is 14.6 Å². The van der Waals surface area contributed by atoms with Crippen molar-refractivity contribution < 1.29 is 47.2 Å². The number of anilines is 1. The van der Waals surface area contributed by atoms with E-state index in [-0.39, 0.29) is 69.5 Å². The van der Waals surface area contributed by atoms with Gasteiger partial charge in [-0.3, -0.25) is 38.7 Å². The maximum absolute atomic E-state index is 16.1. The molecule has 6 aromatic rings. The molecule has 0 bridgehead atoms. The molecule has 2 N–H and O–H groups in total. The number of hydrogen-bond acceptors (Lipinski definition) is 15. The van der Waals surface area contributed by atoms with Gasteiger partial charge in [-0.25, -0.2) is 13.6 Å². The van der Waals surface area contributed by atoms with Gasteiger partial charge in [0.15, 0.2) is 5.82 Å². The van der Waals surface area contributed by atoms with Gasteiger partial charge in [-0.1, -0.05) is 53.0 Å². The summed E-state index contributed by atoms with van der Waals surface area (Å²) in [4.78, 5) is 64.2. The Bertz CT molecular complexity index is 3350. The van der Waals surface area contributed by atoms with E-state index in [4.69, 9.17) is 25.4 Å². The van der Waals surface area contributed by atoms with Crippen LogP contribution in [-0.4, -0.2) is 117 Å². The van der Waals surface area contributed by atoms with Crippen molar-refractivity contribution in [1.29, 1.82) is 5.26 Å². The van der Waals surface area contributed by atoms with E-state index < -0.39 is 23.6 Å². The first kappa shape index (κ1) is 61.9. The fraction of sp³-hybridized carbons (Fsp3) is 0.516. The number of pyridine rings is 1. The highest BCUT2D eigenvalue weighted by Crippen LogP contribution is 2.39. The first-order valence-corrected chi connectivity index (χ1v) is 28.7. The number of carbonyl (C=O) groups excluding carboxylic acids is 3. The van der Waals surface area contributed by atoms with Crippen LogP contribution in [0.25, 0.3) is 44.0 Å². The van der Waals surface area contributed by atoms with Crippen molar-refractivity contribution in [3.8, 4) is 47.2 Å². The summed E-state index contributed by atoms with van der Waals surface area (Å²) in [6, 6.07) is 13.7. The normalized spacial score (nSPS) is 19.1. The minimum Gasteiger partial charge on any atom is -0.508 e. The number of nitrogens with zero attached hydrogens (tertiary/aromatic N) is 8. The molecule has 18 nitrogen and oxygen atoms in total. The van der Waals surface area contributed by atoms with E-state index in [1.54, 1.807) is 25.2 Å². The van der Waals surface area contributed by atoms with Crippen molar-refractivity contribution in [2.24, 2.45) is 18.9 Å². The molecule has 4 aliphatic heterocycles. The fourth-order valence-electron chi connectivity index (χ4n) is 11.4. The second kappa shape index (κ2) is 29.3. The topological polar surface area (TPSA) is 216 Å². The number of piperidine rings is 1. The Labute approximate surface area is 478 Å². The number of amides is 2. The number of ether oxygens (including phenoxy) is 4. The number of nitriles is 1. The van der Waals surface area contributed by atoms with E-state index in [2.05, 4.69) is 57.9 Å². The lowest BCUT2D eigenvalue weighted by molar-refractivity contribution is -0.136. The van der Waals surface area contributed by atoms with Crippen LogP contribution >= 0.6 is 0 Å². The molecule has 0 aliphatic carbocycles. The van der Waals surface area contributed by atoms with E-state index in [1.165, 1.54) is 78.9 Å². The van der Waals surface area contributed by atoms with Crippen molar-refractivity contribution in [2.75, 3.05) is 51.5 Å². The molecular weight excluding hydrogens is 1050 g/mol. The Morgan fingerprint density at radius 3 is 2.45 bits per heavy atom. The Morgan fingerprint density at radius 2 is 1.73 bits per heavy atom. The van der Waals surface area contributed by atoms with E-state index in [0.29, 0.717) is 97.6 Å². The number of phenols is 1. The van der Waals surface area contributed by atoms with E-state index in [0.717, 1.165) is 44.6 Å². The van der Waals surface area contributed by atoms with Crippen molar-refractivity contribution in [3.63, 3.8) is 0 Å². The van der Waals surface area contributed by atoms with Gasteiger partial charge in [-0.2, -0.15) is 15.2 Å². The van der Waals surface area contributed by atoms with Crippen LogP contribution < -0.4 is 25.4 Å². The average molecular weight is 1130 g/mol. The predicted molar refractivity (Wildman–Crippen MR) is 310 cm³/mol. The molecule has 4 fully saturated rings. The number of aromatic hydroxyl groups is 1. The summed E-state index contributed by atoms with van der Waals surface area (Å²) in [5.74, 6) is 1.75. The van der Waals surface area contributed by atoms with Crippen LogP contribution in [0, 0.1) is 47.1 Å². The number of hydrogen-bond donors (Lipinski definition) is 2. The lowest BCUT2D eigenvalue weighted by atomic mass is 9.96. The Hall–Kier alpha value is -7.68. The first-order valence-electron chi connectivity index (χ1n) is 28.7. The summed E-state index contributed by atoms with van der Waals surface area (Å²) < 4.78 is 55.6. The number of fused-ring (bicyclic) bond motifs is 4. The summed E-state index contributed by atoms with van der Waals surface area (Å²) in [5.41, 5.74) is 0.952. The third kappa shape index (κ3) is 14.5. The van der Waals surface area contributed by atoms with E-state index in [1.807, 2.05) is 18.7 Å². The monoisotopic (exact) mass is 1130 g/mol. The second-order valence-electron chi connectivity index (χ2n) is 21.2. The maximum atomic E-state index is 16.1. The molecule has 3 aromatic heterocycles. The van der Waals surface area contributed by atoms with Gasteiger partial charge in [0.1, 0.15) is 53.6 Å². The third-order valence-corrected chi connectivity index (χ3v) is 15.5.